The lowest BCUT2D eigenvalue weighted by Crippen LogP contribution is -2.15. The summed E-state index contributed by atoms with van der Waals surface area (Å²) in [6.07, 6.45) is 0. The molecule has 0 saturated carbocycles. The van der Waals surface area contributed by atoms with E-state index in [0.717, 1.165) is 11.5 Å². The van der Waals surface area contributed by atoms with Crippen LogP contribution in [0.15, 0.2) is 24.3 Å². The molecule has 6 nitrogen and oxygen atoms in total. The maximum Gasteiger partial charge on any atom is 0.229 e. The topological polar surface area (TPSA) is 77.2 Å². The quantitative estimate of drug-likeness (QED) is 0.839. The van der Waals surface area contributed by atoms with Crippen molar-refractivity contribution in [2.45, 2.75) is 18.4 Å². The Morgan fingerprint density at radius 2 is 1.91 bits per heavy atom. The summed E-state index contributed by atoms with van der Waals surface area (Å²) in [6, 6.07) is 8.06. The first-order chi connectivity index (χ1) is 10.6. The largest absolute Gasteiger partial charge is 0.494 e. The molecule has 1 heterocycles. The second kappa shape index (κ2) is 7.84. The van der Waals surface area contributed by atoms with Crippen molar-refractivity contribution >= 4 is 23.7 Å². The molecule has 7 heteroatoms. The van der Waals surface area contributed by atoms with Crippen molar-refractivity contribution < 1.29 is 4.74 Å². The maximum absolute atomic E-state index is 5.73. The molecule has 22 heavy (non-hydrogen) atoms. The Hall–Kier alpha value is -2.02. The lowest BCUT2D eigenvalue weighted by atomic mass is 10.2. The number of anilines is 2. The summed E-state index contributed by atoms with van der Waals surface area (Å²) in [5.41, 5.74) is 6.90. The molecule has 0 spiro atoms. The molecule has 0 aliphatic carbocycles. The van der Waals surface area contributed by atoms with Gasteiger partial charge in [0.25, 0.3) is 0 Å². The zero-order valence-electron chi connectivity index (χ0n) is 13.1. The van der Waals surface area contributed by atoms with Crippen molar-refractivity contribution in [1.29, 1.82) is 0 Å². The number of nitrogen functional groups attached to an aromatic ring is 1. The number of hydrogen-bond acceptors (Lipinski definition) is 7. The van der Waals surface area contributed by atoms with Crippen LogP contribution >= 0.6 is 11.8 Å². The van der Waals surface area contributed by atoms with Gasteiger partial charge in [0.15, 0.2) is 0 Å². The minimum absolute atomic E-state index is 0.254. The number of thioether (sulfide) groups is 1. The van der Waals surface area contributed by atoms with Crippen LogP contribution in [0, 0.1) is 0 Å². The standard InChI is InChI=1S/C15H21N5OS/c1-4-21-12-8-6-5-7-11(12)9-22-10-13-17-14(16)19-15(18-13)20(2)3/h5-8H,4,9-10H2,1-3H3,(H2,16,17,18,19). The highest BCUT2D eigenvalue weighted by Crippen LogP contribution is 2.24. The molecular weight excluding hydrogens is 298 g/mol. The average Bonchev–Trinajstić information content (AvgIpc) is 2.48. The molecule has 0 aliphatic rings. The second-order valence-electron chi connectivity index (χ2n) is 4.84. The average molecular weight is 319 g/mol. The predicted octanol–water partition coefficient (Wildman–Crippen LogP) is 2.35. The molecule has 0 bridgehead atoms. The van der Waals surface area contributed by atoms with E-state index < -0.39 is 0 Å². The number of aromatic nitrogens is 3. The molecule has 0 atom stereocenters. The fourth-order valence-electron chi connectivity index (χ4n) is 1.86. The zero-order chi connectivity index (χ0) is 15.9. The van der Waals surface area contributed by atoms with Crippen LogP contribution in [0.25, 0.3) is 0 Å². The minimum Gasteiger partial charge on any atom is -0.494 e. The fraction of sp³-hybridized carbons (Fsp3) is 0.400. The summed E-state index contributed by atoms with van der Waals surface area (Å²) in [6.45, 7) is 2.65. The summed E-state index contributed by atoms with van der Waals surface area (Å²) < 4.78 is 5.63. The molecule has 0 unspecified atom stereocenters. The van der Waals surface area contributed by atoms with Crippen molar-refractivity contribution in [3.63, 3.8) is 0 Å². The van der Waals surface area contributed by atoms with Crippen molar-refractivity contribution in [2.24, 2.45) is 0 Å². The molecule has 1 aromatic heterocycles. The van der Waals surface area contributed by atoms with E-state index in [1.165, 1.54) is 5.56 Å². The maximum atomic E-state index is 5.73. The van der Waals surface area contributed by atoms with Crippen LogP contribution in [0.1, 0.15) is 18.3 Å². The predicted molar refractivity (Wildman–Crippen MR) is 91.2 cm³/mol. The highest BCUT2D eigenvalue weighted by molar-refractivity contribution is 7.97. The number of para-hydroxylation sites is 1. The van der Waals surface area contributed by atoms with E-state index in [1.54, 1.807) is 11.8 Å². The highest BCUT2D eigenvalue weighted by atomic mass is 32.2. The van der Waals surface area contributed by atoms with Gasteiger partial charge in [0.05, 0.1) is 12.4 Å². The first kappa shape index (κ1) is 16.4. The summed E-state index contributed by atoms with van der Waals surface area (Å²) in [5.74, 6) is 3.96. The van der Waals surface area contributed by atoms with Crippen LogP contribution in [-0.2, 0) is 11.5 Å². The molecule has 0 amide bonds. The van der Waals surface area contributed by atoms with Gasteiger partial charge in [0.2, 0.25) is 11.9 Å². The molecular formula is C15H21N5OS. The van der Waals surface area contributed by atoms with Gasteiger partial charge in [-0.05, 0) is 13.0 Å². The molecule has 2 rings (SSSR count). The van der Waals surface area contributed by atoms with E-state index in [2.05, 4.69) is 21.0 Å². The van der Waals surface area contributed by atoms with Gasteiger partial charge in [-0.3, -0.25) is 0 Å². The third kappa shape index (κ3) is 4.49. The fourth-order valence-corrected chi connectivity index (χ4v) is 2.73. The molecule has 0 radical (unpaired) electrons. The van der Waals surface area contributed by atoms with Crippen molar-refractivity contribution in [3.05, 3.63) is 35.7 Å². The van der Waals surface area contributed by atoms with Gasteiger partial charge < -0.3 is 15.4 Å². The van der Waals surface area contributed by atoms with Gasteiger partial charge in [-0.25, -0.2) is 0 Å². The molecule has 2 N–H and O–H groups in total. The number of nitrogens with zero attached hydrogens (tertiary/aromatic N) is 4. The van der Waals surface area contributed by atoms with Crippen molar-refractivity contribution in [2.75, 3.05) is 31.3 Å². The van der Waals surface area contributed by atoms with E-state index >= 15 is 0 Å². The van der Waals surface area contributed by atoms with Gasteiger partial charge in [-0.2, -0.15) is 15.0 Å². The monoisotopic (exact) mass is 319 g/mol. The second-order valence-corrected chi connectivity index (χ2v) is 5.82. The Labute approximate surface area is 135 Å². The third-order valence-electron chi connectivity index (χ3n) is 2.85. The van der Waals surface area contributed by atoms with Crippen LogP contribution in [0.2, 0.25) is 0 Å². The SMILES string of the molecule is CCOc1ccccc1CSCc1nc(N)nc(N(C)C)n1. The van der Waals surface area contributed by atoms with E-state index in [9.17, 15) is 0 Å². The first-order valence-corrected chi connectivity index (χ1v) is 8.21. The number of nitrogens with two attached hydrogens (primary N) is 1. The Balaban J connectivity index is 1.99. The van der Waals surface area contributed by atoms with Crippen LogP contribution in [-0.4, -0.2) is 35.7 Å². The Morgan fingerprint density at radius 1 is 1.14 bits per heavy atom. The lowest BCUT2D eigenvalue weighted by Gasteiger charge is -2.12. The normalized spacial score (nSPS) is 10.5. The number of hydrogen-bond donors (Lipinski definition) is 1. The molecule has 2 aromatic rings. The van der Waals surface area contributed by atoms with Crippen LogP contribution in [0.5, 0.6) is 5.75 Å². The highest BCUT2D eigenvalue weighted by Gasteiger charge is 2.08. The number of benzene rings is 1. The lowest BCUT2D eigenvalue weighted by molar-refractivity contribution is 0.337. The summed E-state index contributed by atoms with van der Waals surface area (Å²) in [7, 11) is 3.76. The summed E-state index contributed by atoms with van der Waals surface area (Å²) in [5, 5.41) is 0. The molecule has 1 aromatic carbocycles. The third-order valence-corrected chi connectivity index (χ3v) is 3.83. The molecule has 118 valence electrons. The van der Waals surface area contributed by atoms with Gasteiger partial charge in [0.1, 0.15) is 11.6 Å². The van der Waals surface area contributed by atoms with Gasteiger partial charge in [-0.15, -0.1) is 11.8 Å². The van der Waals surface area contributed by atoms with E-state index in [1.807, 2.05) is 44.1 Å². The number of ether oxygens (including phenoxy) is 1. The van der Waals surface area contributed by atoms with Gasteiger partial charge in [-0.1, -0.05) is 18.2 Å². The van der Waals surface area contributed by atoms with Crippen molar-refractivity contribution in [1.82, 2.24) is 15.0 Å². The molecule has 0 fully saturated rings. The van der Waals surface area contributed by atoms with E-state index in [0.29, 0.717) is 24.1 Å². The number of rotatable bonds is 7. The van der Waals surface area contributed by atoms with Crippen LogP contribution < -0.4 is 15.4 Å². The Bertz CT molecular complexity index is 621. The van der Waals surface area contributed by atoms with E-state index in [4.69, 9.17) is 10.5 Å². The molecule has 0 aliphatic heterocycles. The van der Waals surface area contributed by atoms with Gasteiger partial charge >= 0.3 is 0 Å². The summed E-state index contributed by atoms with van der Waals surface area (Å²) >= 11 is 1.72. The van der Waals surface area contributed by atoms with Crippen LogP contribution in [0.4, 0.5) is 11.9 Å². The molecule has 0 saturated heterocycles. The summed E-state index contributed by atoms with van der Waals surface area (Å²) in [4.78, 5) is 14.5. The Morgan fingerprint density at radius 3 is 2.64 bits per heavy atom. The van der Waals surface area contributed by atoms with Crippen LogP contribution in [0.3, 0.4) is 0 Å². The van der Waals surface area contributed by atoms with Gasteiger partial charge in [0, 0.05) is 25.4 Å². The van der Waals surface area contributed by atoms with E-state index in [-0.39, 0.29) is 5.95 Å². The Kier molecular flexibility index (Phi) is 5.83. The minimum atomic E-state index is 0.254. The van der Waals surface area contributed by atoms with Crippen molar-refractivity contribution in [3.8, 4) is 5.75 Å². The first-order valence-electron chi connectivity index (χ1n) is 7.06. The smallest absolute Gasteiger partial charge is 0.229 e. The zero-order valence-corrected chi connectivity index (χ0v) is 13.9.